The van der Waals surface area contributed by atoms with Crippen LogP contribution >= 0.6 is 0 Å². The van der Waals surface area contributed by atoms with Crippen LogP contribution in [0.15, 0.2) is 36.4 Å². The van der Waals surface area contributed by atoms with Gasteiger partial charge in [-0.05, 0) is 47.7 Å². The standard InChI is InChI=1S/C17H13F3O/c1-10-9-11(17(18,19)20)5-6-12(10)13-3-2-4-15-14(13)7-8-16(15)21/h2-6,9H,7-8H2,1H3. The maximum Gasteiger partial charge on any atom is 0.416 e. The number of fused-ring (bicyclic) bond motifs is 1. The molecule has 0 bridgehead atoms. The van der Waals surface area contributed by atoms with Gasteiger partial charge in [-0.15, -0.1) is 0 Å². The van der Waals surface area contributed by atoms with Crippen LogP contribution < -0.4 is 0 Å². The van der Waals surface area contributed by atoms with Gasteiger partial charge in [0.1, 0.15) is 0 Å². The second kappa shape index (κ2) is 4.72. The Balaban J connectivity index is 2.13. The van der Waals surface area contributed by atoms with Gasteiger partial charge in [-0.25, -0.2) is 0 Å². The molecule has 0 saturated carbocycles. The van der Waals surface area contributed by atoms with E-state index in [2.05, 4.69) is 0 Å². The minimum atomic E-state index is -4.34. The zero-order valence-electron chi connectivity index (χ0n) is 11.4. The van der Waals surface area contributed by atoms with Gasteiger partial charge in [0.25, 0.3) is 0 Å². The summed E-state index contributed by atoms with van der Waals surface area (Å²) in [5.74, 6) is 0.108. The van der Waals surface area contributed by atoms with Crippen LogP contribution in [0.1, 0.15) is 33.5 Å². The number of alkyl halides is 3. The summed E-state index contributed by atoms with van der Waals surface area (Å²) in [4.78, 5) is 11.8. The molecule has 1 nitrogen and oxygen atoms in total. The van der Waals surface area contributed by atoms with Gasteiger partial charge in [0.2, 0.25) is 0 Å². The molecular weight excluding hydrogens is 277 g/mol. The number of carbonyl (C=O) groups is 1. The van der Waals surface area contributed by atoms with E-state index in [0.717, 1.165) is 28.8 Å². The number of carbonyl (C=O) groups excluding carboxylic acids is 1. The van der Waals surface area contributed by atoms with E-state index in [1.807, 2.05) is 6.07 Å². The summed E-state index contributed by atoms with van der Waals surface area (Å²) in [5.41, 5.74) is 3.20. The summed E-state index contributed by atoms with van der Waals surface area (Å²) in [6.45, 7) is 1.67. The summed E-state index contributed by atoms with van der Waals surface area (Å²) < 4.78 is 38.2. The van der Waals surface area contributed by atoms with Gasteiger partial charge in [-0.1, -0.05) is 24.3 Å². The lowest BCUT2D eigenvalue weighted by molar-refractivity contribution is -0.137. The van der Waals surface area contributed by atoms with Crippen molar-refractivity contribution in [1.29, 1.82) is 0 Å². The summed E-state index contributed by atoms with van der Waals surface area (Å²) >= 11 is 0. The normalized spacial score (nSPS) is 14.4. The fourth-order valence-electron chi connectivity index (χ4n) is 2.89. The van der Waals surface area contributed by atoms with Crippen LogP contribution in [0.3, 0.4) is 0 Å². The zero-order chi connectivity index (χ0) is 15.2. The molecule has 1 aliphatic carbocycles. The first-order valence-corrected chi connectivity index (χ1v) is 6.71. The minimum Gasteiger partial charge on any atom is -0.294 e. The molecule has 0 unspecified atom stereocenters. The third kappa shape index (κ3) is 2.35. The number of rotatable bonds is 1. The number of benzene rings is 2. The highest BCUT2D eigenvalue weighted by Gasteiger charge is 2.31. The van der Waals surface area contributed by atoms with E-state index in [9.17, 15) is 18.0 Å². The third-order valence-corrected chi connectivity index (χ3v) is 3.92. The highest BCUT2D eigenvalue weighted by molar-refractivity contribution is 6.02. The first kappa shape index (κ1) is 13.9. The van der Waals surface area contributed by atoms with Gasteiger partial charge in [-0.3, -0.25) is 4.79 Å². The van der Waals surface area contributed by atoms with Crippen molar-refractivity contribution in [3.8, 4) is 11.1 Å². The van der Waals surface area contributed by atoms with Crippen LogP contribution in [0, 0.1) is 6.92 Å². The summed E-state index contributed by atoms with van der Waals surface area (Å²) in [5, 5.41) is 0. The first-order chi connectivity index (χ1) is 9.88. The molecule has 0 saturated heterocycles. The fraction of sp³-hybridized carbons (Fsp3) is 0.235. The highest BCUT2D eigenvalue weighted by Crippen LogP contribution is 2.36. The van der Waals surface area contributed by atoms with Crippen molar-refractivity contribution in [3.05, 3.63) is 58.7 Å². The SMILES string of the molecule is Cc1cc(C(F)(F)F)ccc1-c1cccc2c1CCC2=O. The van der Waals surface area contributed by atoms with E-state index in [0.29, 0.717) is 24.0 Å². The monoisotopic (exact) mass is 290 g/mol. The molecule has 4 heteroatoms. The molecule has 21 heavy (non-hydrogen) atoms. The second-order valence-corrected chi connectivity index (χ2v) is 5.28. The quantitative estimate of drug-likeness (QED) is 0.736. The molecule has 0 radical (unpaired) electrons. The Morgan fingerprint density at radius 1 is 0.952 bits per heavy atom. The van der Waals surface area contributed by atoms with Crippen molar-refractivity contribution in [1.82, 2.24) is 0 Å². The van der Waals surface area contributed by atoms with Crippen molar-refractivity contribution < 1.29 is 18.0 Å². The molecule has 0 N–H and O–H groups in total. The molecular formula is C17H13F3O. The molecule has 0 amide bonds. The van der Waals surface area contributed by atoms with Gasteiger partial charge in [0, 0.05) is 12.0 Å². The van der Waals surface area contributed by atoms with E-state index in [1.54, 1.807) is 19.1 Å². The summed E-state index contributed by atoms with van der Waals surface area (Å²) in [6, 6.07) is 9.19. The average Bonchev–Trinajstić information content (AvgIpc) is 2.80. The number of halogens is 3. The van der Waals surface area contributed by atoms with Crippen LogP contribution in [0.25, 0.3) is 11.1 Å². The van der Waals surface area contributed by atoms with Crippen molar-refractivity contribution in [3.63, 3.8) is 0 Å². The highest BCUT2D eigenvalue weighted by atomic mass is 19.4. The van der Waals surface area contributed by atoms with E-state index in [-0.39, 0.29) is 5.78 Å². The number of hydrogen-bond acceptors (Lipinski definition) is 1. The molecule has 2 aromatic carbocycles. The Morgan fingerprint density at radius 2 is 1.67 bits per heavy atom. The van der Waals surface area contributed by atoms with Gasteiger partial charge >= 0.3 is 6.18 Å². The number of ketones is 1. The largest absolute Gasteiger partial charge is 0.416 e. The van der Waals surface area contributed by atoms with Crippen LogP contribution in [-0.2, 0) is 12.6 Å². The van der Waals surface area contributed by atoms with Crippen LogP contribution in [0.2, 0.25) is 0 Å². The number of Topliss-reactive ketones (excluding diaryl/α,β-unsaturated/α-hetero) is 1. The topological polar surface area (TPSA) is 17.1 Å². The fourth-order valence-corrected chi connectivity index (χ4v) is 2.89. The van der Waals surface area contributed by atoms with Gasteiger partial charge in [-0.2, -0.15) is 13.2 Å². The van der Waals surface area contributed by atoms with Crippen molar-refractivity contribution in [2.45, 2.75) is 25.9 Å². The van der Waals surface area contributed by atoms with E-state index >= 15 is 0 Å². The van der Waals surface area contributed by atoms with Gasteiger partial charge < -0.3 is 0 Å². The zero-order valence-corrected chi connectivity index (χ0v) is 11.4. The van der Waals surface area contributed by atoms with Crippen LogP contribution in [0.4, 0.5) is 13.2 Å². The second-order valence-electron chi connectivity index (χ2n) is 5.28. The molecule has 0 fully saturated rings. The van der Waals surface area contributed by atoms with Gasteiger partial charge in [0.15, 0.2) is 5.78 Å². The predicted molar refractivity (Wildman–Crippen MR) is 74.3 cm³/mol. The molecule has 0 aromatic heterocycles. The third-order valence-electron chi connectivity index (χ3n) is 3.92. The van der Waals surface area contributed by atoms with Crippen molar-refractivity contribution in [2.24, 2.45) is 0 Å². The minimum absolute atomic E-state index is 0.108. The molecule has 108 valence electrons. The van der Waals surface area contributed by atoms with Crippen molar-refractivity contribution >= 4 is 5.78 Å². The average molecular weight is 290 g/mol. The molecule has 2 aromatic rings. The molecule has 0 atom stereocenters. The van der Waals surface area contributed by atoms with Crippen LogP contribution in [0.5, 0.6) is 0 Å². The van der Waals surface area contributed by atoms with E-state index in [1.165, 1.54) is 6.07 Å². The van der Waals surface area contributed by atoms with Gasteiger partial charge in [0.05, 0.1) is 5.56 Å². The van der Waals surface area contributed by atoms with E-state index < -0.39 is 11.7 Å². The lowest BCUT2D eigenvalue weighted by Gasteiger charge is -2.13. The Labute approximate surface area is 120 Å². The summed E-state index contributed by atoms with van der Waals surface area (Å²) in [6.07, 6.45) is -3.20. The molecule has 1 aliphatic rings. The predicted octanol–water partition coefficient (Wildman–Crippen LogP) is 4.81. The van der Waals surface area contributed by atoms with Crippen molar-refractivity contribution in [2.75, 3.05) is 0 Å². The maximum absolute atomic E-state index is 12.7. The van der Waals surface area contributed by atoms with Crippen LogP contribution in [-0.4, -0.2) is 5.78 Å². The number of hydrogen-bond donors (Lipinski definition) is 0. The first-order valence-electron chi connectivity index (χ1n) is 6.71. The Hall–Kier alpha value is -2.10. The van der Waals surface area contributed by atoms with E-state index in [4.69, 9.17) is 0 Å². The Morgan fingerprint density at radius 3 is 2.33 bits per heavy atom. The molecule has 3 rings (SSSR count). The maximum atomic E-state index is 12.7. The Bertz CT molecular complexity index is 729. The Kier molecular flexibility index (Phi) is 3.12. The number of aryl methyl sites for hydroxylation is 1. The lowest BCUT2D eigenvalue weighted by Crippen LogP contribution is -2.05. The lowest BCUT2D eigenvalue weighted by atomic mass is 9.93. The molecule has 0 heterocycles. The molecule has 0 aliphatic heterocycles. The molecule has 0 spiro atoms. The smallest absolute Gasteiger partial charge is 0.294 e. The summed E-state index contributed by atoms with van der Waals surface area (Å²) in [7, 11) is 0.